The van der Waals surface area contributed by atoms with E-state index in [2.05, 4.69) is 0 Å². The number of halogens is 4. The van der Waals surface area contributed by atoms with E-state index >= 15 is 0 Å². The van der Waals surface area contributed by atoms with Crippen molar-refractivity contribution in [2.24, 2.45) is 0 Å². The Labute approximate surface area is 120 Å². The predicted octanol–water partition coefficient (Wildman–Crippen LogP) is 5.68. The van der Waals surface area contributed by atoms with Crippen molar-refractivity contribution in [3.63, 3.8) is 0 Å². The van der Waals surface area contributed by atoms with E-state index in [0.29, 0.717) is 6.07 Å². The van der Waals surface area contributed by atoms with Gasteiger partial charge in [0.15, 0.2) is 23.3 Å². The van der Waals surface area contributed by atoms with E-state index in [9.17, 15) is 17.6 Å². The third-order valence-corrected chi connectivity index (χ3v) is 3.11. The van der Waals surface area contributed by atoms with Crippen molar-refractivity contribution in [1.82, 2.24) is 0 Å². The van der Waals surface area contributed by atoms with Gasteiger partial charge in [0.25, 0.3) is 0 Å². The third-order valence-electron chi connectivity index (χ3n) is 3.11. The van der Waals surface area contributed by atoms with Gasteiger partial charge in [0.2, 0.25) is 0 Å². The third kappa shape index (κ3) is 3.51. The molecule has 0 saturated heterocycles. The van der Waals surface area contributed by atoms with Crippen molar-refractivity contribution in [2.45, 2.75) is 19.8 Å². The van der Waals surface area contributed by atoms with Crippen LogP contribution in [0.1, 0.15) is 30.0 Å². The molecule has 0 atom stereocenters. The van der Waals surface area contributed by atoms with E-state index in [1.165, 1.54) is 12.1 Å². The Morgan fingerprint density at radius 2 is 1.38 bits per heavy atom. The van der Waals surface area contributed by atoms with Crippen molar-refractivity contribution >= 4 is 11.7 Å². The molecule has 110 valence electrons. The maximum atomic E-state index is 14.1. The standard InChI is InChI=1S/C17H14F4/c1-2-3-11-4-6-12(7-5-11)16(20)17(21)13-8-9-14(18)15(19)10-13/h4-10H,2-3H2,1H3. The van der Waals surface area contributed by atoms with E-state index in [1.807, 2.05) is 6.92 Å². The number of rotatable bonds is 4. The first kappa shape index (κ1) is 15.3. The largest absolute Gasteiger partial charge is 0.204 e. The van der Waals surface area contributed by atoms with E-state index in [1.54, 1.807) is 12.1 Å². The summed E-state index contributed by atoms with van der Waals surface area (Å²) in [5, 5.41) is 0. The topological polar surface area (TPSA) is 0 Å². The predicted molar refractivity (Wildman–Crippen MR) is 75.8 cm³/mol. The lowest BCUT2D eigenvalue weighted by atomic mass is 10.1. The molecule has 0 spiro atoms. The van der Waals surface area contributed by atoms with Gasteiger partial charge in [0.1, 0.15) is 0 Å². The van der Waals surface area contributed by atoms with Crippen LogP contribution in [0.2, 0.25) is 0 Å². The van der Waals surface area contributed by atoms with Gasteiger partial charge >= 0.3 is 0 Å². The van der Waals surface area contributed by atoms with Crippen LogP contribution < -0.4 is 0 Å². The van der Waals surface area contributed by atoms with E-state index in [-0.39, 0.29) is 11.1 Å². The van der Waals surface area contributed by atoms with Crippen molar-refractivity contribution in [3.8, 4) is 0 Å². The molecule has 0 unspecified atom stereocenters. The first-order valence-corrected chi connectivity index (χ1v) is 6.63. The second-order valence-corrected chi connectivity index (χ2v) is 4.70. The SMILES string of the molecule is CCCc1ccc(C(F)=C(F)c2ccc(F)c(F)c2)cc1. The summed E-state index contributed by atoms with van der Waals surface area (Å²) in [5.41, 5.74) is 0.767. The van der Waals surface area contributed by atoms with Gasteiger partial charge in [0, 0.05) is 11.1 Å². The van der Waals surface area contributed by atoms with E-state index in [0.717, 1.165) is 30.5 Å². The highest BCUT2D eigenvalue weighted by molar-refractivity contribution is 5.83. The molecule has 0 saturated carbocycles. The maximum absolute atomic E-state index is 14.1. The molecule has 0 aliphatic rings. The second kappa shape index (κ2) is 6.57. The Morgan fingerprint density at radius 3 is 1.95 bits per heavy atom. The Kier molecular flexibility index (Phi) is 4.78. The van der Waals surface area contributed by atoms with Crippen molar-refractivity contribution in [2.75, 3.05) is 0 Å². The van der Waals surface area contributed by atoms with Crippen LogP contribution in [0.15, 0.2) is 42.5 Å². The number of hydrogen-bond acceptors (Lipinski definition) is 0. The van der Waals surface area contributed by atoms with Gasteiger partial charge in [-0.2, -0.15) is 0 Å². The fraction of sp³-hybridized carbons (Fsp3) is 0.176. The molecule has 2 rings (SSSR count). The zero-order chi connectivity index (χ0) is 15.4. The number of aryl methyl sites for hydroxylation is 1. The molecule has 0 N–H and O–H groups in total. The maximum Gasteiger partial charge on any atom is 0.166 e. The Hall–Kier alpha value is -2.10. The minimum atomic E-state index is -1.21. The van der Waals surface area contributed by atoms with Crippen molar-refractivity contribution in [3.05, 3.63) is 70.8 Å². The average Bonchev–Trinajstić information content (AvgIpc) is 2.50. The van der Waals surface area contributed by atoms with Gasteiger partial charge in [-0.05, 0) is 30.2 Å². The normalized spacial score (nSPS) is 12.2. The molecule has 0 aromatic heterocycles. The van der Waals surface area contributed by atoms with Crippen molar-refractivity contribution < 1.29 is 17.6 Å². The first-order chi connectivity index (χ1) is 10.0. The summed E-state index contributed by atoms with van der Waals surface area (Å²) in [4.78, 5) is 0. The summed E-state index contributed by atoms with van der Waals surface area (Å²) in [5.74, 6) is -4.62. The molecular weight excluding hydrogens is 280 g/mol. The summed E-state index contributed by atoms with van der Waals surface area (Å²) >= 11 is 0. The van der Waals surface area contributed by atoms with Crippen LogP contribution in [0.3, 0.4) is 0 Å². The molecule has 2 aromatic rings. The molecule has 0 heterocycles. The molecule has 0 aliphatic carbocycles. The molecule has 0 radical (unpaired) electrons. The monoisotopic (exact) mass is 294 g/mol. The van der Waals surface area contributed by atoms with Gasteiger partial charge in [-0.1, -0.05) is 37.6 Å². The van der Waals surface area contributed by atoms with Crippen LogP contribution in [0.5, 0.6) is 0 Å². The van der Waals surface area contributed by atoms with Crippen LogP contribution in [0.4, 0.5) is 17.6 Å². The summed E-state index contributed by atoms with van der Waals surface area (Å²) < 4.78 is 53.9. The van der Waals surface area contributed by atoms with E-state index in [4.69, 9.17) is 0 Å². The van der Waals surface area contributed by atoms with Gasteiger partial charge < -0.3 is 0 Å². The van der Waals surface area contributed by atoms with Crippen molar-refractivity contribution in [1.29, 1.82) is 0 Å². The summed E-state index contributed by atoms with van der Waals surface area (Å²) in [6.45, 7) is 2.02. The molecule has 0 bridgehead atoms. The lowest BCUT2D eigenvalue weighted by molar-refractivity contribution is 0.507. The fourth-order valence-electron chi connectivity index (χ4n) is 1.99. The lowest BCUT2D eigenvalue weighted by Crippen LogP contribution is -1.89. The van der Waals surface area contributed by atoms with Gasteiger partial charge in [0.05, 0.1) is 0 Å². The molecule has 0 amide bonds. The van der Waals surface area contributed by atoms with Gasteiger partial charge in [-0.25, -0.2) is 17.6 Å². The molecule has 21 heavy (non-hydrogen) atoms. The molecule has 2 aromatic carbocycles. The second-order valence-electron chi connectivity index (χ2n) is 4.70. The number of hydrogen-bond donors (Lipinski definition) is 0. The molecule has 0 nitrogen and oxygen atoms in total. The molecule has 0 aliphatic heterocycles. The zero-order valence-corrected chi connectivity index (χ0v) is 11.5. The summed E-state index contributed by atoms with van der Waals surface area (Å²) in [6.07, 6.45) is 1.82. The highest BCUT2D eigenvalue weighted by Crippen LogP contribution is 2.29. The summed E-state index contributed by atoms with van der Waals surface area (Å²) in [7, 11) is 0. The minimum absolute atomic E-state index is 0.0667. The van der Waals surface area contributed by atoms with Gasteiger partial charge in [-0.15, -0.1) is 0 Å². The van der Waals surface area contributed by atoms with Crippen LogP contribution in [-0.2, 0) is 6.42 Å². The molecule has 0 fully saturated rings. The highest BCUT2D eigenvalue weighted by Gasteiger charge is 2.13. The first-order valence-electron chi connectivity index (χ1n) is 6.63. The Morgan fingerprint density at radius 1 is 0.810 bits per heavy atom. The Bertz CT molecular complexity index is 657. The quantitative estimate of drug-likeness (QED) is 0.502. The summed E-state index contributed by atoms with van der Waals surface area (Å²) in [6, 6.07) is 8.78. The molecular formula is C17H14F4. The molecule has 4 heteroatoms. The number of benzene rings is 2. The highest BCUT2D eigenvalue weighted by atomic mass is 19.2. The van der Waals surface area contributed by atoms with Crippen LogP contribution >= 0.6 is 0 Å². The zero-order valence-electron chi connectivity index (χ0n) is 11.5. The van der Waals surface area contributed by atoms with E-state index < -0.39 is 23.3 Å². The Balaban J connectivity index is 2.34. The van der Waals surface area contributed by atoms with Crippen LogP contribution in [0.25, 0.3) is 11.7 Å². The smallest absolute Gasteiger partial charge is 0.166 e. The average molecular weight is 294 g/mol. The van der Waals surface area contributed by atoms with Crippen LogP contribution in [0, 0.1) is 11.6 Å². The minimum Gasteiger partial charge on any atom is -0.204 e. The van der Waals surface area contributed by atoms with Crippen LogP contribution in [-0.4, -0.2) is 0 Å². The lowest BCUT2D eigenvalue weighted by Gasteiger charge is -2.04. The van der Waals surface area contributed by atoms with Gasteiger partial charge in [-0.3, -0.25) is 0 Å². The fourth-order valence-corrected chi connectivity index (χ4v) is 1.99.